The Morgan fingerprint density at radius 1 is 1.42 bits per heavy atom. The van der Waals surface area contributed by atoms with E-state index >= 15 is 0 Å². The van der Waals surface area contributed by atoms with Crippen molar-refractivity contribution in [3.05, 3.63) is 22.8 Å². The zero-order valence-corrected chi connectivity index (χ0v) is 11.1. The van der Waals surface area contributed by atoms with E-state index in [-0.39, 0.29) is 0 Å². The van der Waals surface area contributed by atoms with Crippen molar-refractivity contribution in [1.29, 1.82) is 0 Å². The average molecular weight is 278 g/mol. The Morgan fingerprint density at radius 2 is 2.16 bits per heavy atom. The number of nitrogens with zero attached hydrogens (tertiary/aromatic N) is 2. The van der Waals surface area contributed by atoms with Crippen molar-refractivity contribution in [3.63, 3.8) is 0 Å². The number of thiophene rings is 1. The zero-order valence-electron chi connectivity index (χ0n) is 10.3. The molecule has 6 nitrogen and oxygen atoms in total. The van der Waals surface area contributed by atoms with Gasteiger partial charge < -0.3 is 16.0 Å². The van der Waals surface area contributed by atoms with Crippen LogP contribution >= 0.6 is 11.3 Å². The van der Waals surface area contributed by atoms with E-state index in [0.29, 0.717) is 17.3 Å². The second-order valence-corrected chi connectivity index (χ2v) is 5.76. The molecule has 0 bridgehead atoms. The minimum Gasteiger partial charge on any atom is -0.366 e. The summed E-state index contributed by atoms with van der Waals surface area (Å²) in [4.78, 5) is 16.1. The Bertz CT molecular complexity index is 613. The highest BCUT2D eigenvalue weighted by Crippen LogP contribution is 2.36. The van der Waals surface area contributed by atoms with Crippen LogP contribution in [-0.4, -0.2) is 16.0 Å². The molecule has 2 heterocycles. The van der Waals surface area contributed by atoms with Crippen LogP contribution in [0.4, 0.5) is 0 Å². The fourth-order valence-corrected chi connectivity index (χ4v) is 3.15. The highest BCUT2D eigenvalue weighted by molar-refractivity contribution is 7.13. The summed E-state index contributed by atoms with van der Waals surface area (Å²) in [6.07, 6.45) is 3.93. The molecule has 7 heteroatoms. The molecule has 1 fully saturated rings. The summed E-state index contributed by atoms with van der Waals surface area (Å²) in [7, 11) is 0. The minimum absolute atomic E-state index is 0.393. The second-order valence-electron chi connectivity index (χ2n) is 4.85. The number of nitrogens with two attached hydrogens (primary N) is 2. The van der Waals surface area contributed by atoms with Crippen molar-refractivity contribution in [2.45, 2.75) is 31.2 Å². The molecule has 100 valence electrons. The van der Waals surface area contributed by atoms with Gasteiger partial charge in [-0.2, -0.15) is 4.98 Å². The van der Waals surface area contributed by atoms with Crippen LogP contribution < -0.4 is 11.5 Å². The predicted octanol–water partition coefficient (Wildman–Crippen LogP) is 1.63. The van der Waals surface area contributed by atoms with Crippen LogP contribution in [0.3, 0.4) is 0 Å². The van der Waals surface area contributed by atoms with E-state index in [1.54, 1.807) is 11.4 Å². The molecule has 4 N–H and O–H groups in total. The van der Waals surface area contributed by atoms with Gasteiger partial charge in [0.1, 0.15) is 0 Å². The lowest BCUT2D eigenvalue weighted by Gasteiger charge is -2.17. The Morgan fingerprint density at radius 3 is 2.79 bits per heavy atom. The molecule has 1 aliphatic rings. The quantitative estimate of drug-likeness (QED) is 0.887. The van der Waals surface area contributed by atoms with E-state index in [4.69, 9.17) is 16.0 Å². The van der Waals surface area contributed by atoms with Crippen LogP contribution in [0, 0.1) is 0 Å². The Hall–Kier alpha value is -1.73. The first-order valence-corrected chi connectivity index (χ1v) is 6.98. The fraction of sp³-hybridized carbons (Fsp3) is 0.417. The third-order valence-electron chi connectivity index (χ3n) is 3.46. The Kier molecular flexibility index (Phi) is 2.87. The van der Waals surface area contributed by atoms with Crippen LogP contribution in [0.5, 0.6) is 0 Å². The summed E-state index contributed by atoms with van der Waals surface area (Å²) < 4.78 is 5.24. The predicted molar refractivity (Wildman–Crippen MR) is 70.5 cm³/mol. The van der Waals surface area contributed by atoms with Crippen LogP contribution in [0.1, 0.15) is 41.9 Å². The molecule has 0 radical (unpaired) electrons. The number of rotatable bonds is 3. The smallest absolute Gasteiger partial charge is 0.268 e. The minimum atomic E-state index is -0.467. The zero-order chi connectivity index (χ0) is 13.5. The van der Waals surface area contributed by atoms with Gasteiger partial charge >= 0.3 is 0 Å². The summed E-state index contributed by atoms with van der Waals surface area (Å²) in [6.45, 7) is 0. The SMILES string of the molecule is NC(=O)c1csc(-c2nc(C3(N)CCCC3)no2)c1. The van der Waals surface area contributed by atoms with E-state index in [1.165, 1.54) is 11.3 Å². The largest absolute Gasteiger partial charge is 0.366 e. The number of hydrogen-bond acceptors (Lipinski definition) is 6. The Balaban J connectivity index is 1.90. The van der Waals surface area contributed by atoms with E-state index in [1.807, 2.05) is 0 Å². The van der Waals surface area contributed by atoms with Crippen molar-refractivity contribution in [1.82, 2.24) is 10.1 Å². The summed E-state index contributed by atoms with van der Waals surface area (Å²) in [5.41, 5.74) is 11.5. The molecular weight excluding hydrogens is 264 g/mol. The van der Waals surface area contributed by atoms with E-state index in [2.05, 4.69) is 10.1 Å². The van der Waals surface area contributed by atoms with Crippen molar-refractivity contribution in [2.24, 2.45) is 11.5 Å². The topological polar surface area (TPSA) is 108 Å². The lowest BCUT2D eigenvalue weighted by atomic mass is 9.99. The van der Waals surface area contributed by atoms with E-state index in [9.17, 15) is 4.79 Å². The summed E-state index contributed by atoms with van der Waals surface area (Å²) >= 11 is 1.35. The highest BCUT2D eigenvalue weighted by atomic mass is 32.1. The monoisotopic (exact) mass is 278 g/mol. The number of carbonyl (C=O) groups is 1. The second kappa shape index (κ2) is 4.43. The molecule has 2 aromatic rings. The van der Waals surface area contributed by atoms with E-state index in [0.717, 1.165) is 30.6 Å². The van der Waals surface area contributed by atoms with Gasteiger partial charge in [-0.15, -0.1) is 11.3 Å². The van der Waals surface area contributed by atoms with Gasteiger partial charge in [0.25, 0.3) is 5.89 Å². The van der Waals surface area contributed by atoms with Gasteiger partial charge in [-0.1, -0.05) is 18.0 Å². The molecule has 0 saturated heterocycles. The van der Waals surface area contributed by atoms with Gasteiger partial charge in [-0.05, 0) is 18.9 Å². The summed E-state index contributed by atoms with van der Waals surface area (Å²) in [6, 6.07) is 1.65. The number of primary amides is 1. The van der Waals surface area contributed by atoms with Crippen LogP contribution in [0.15, 0.2) is 16.0 Å². The normalized spacial score (nSPS) is 17.7. The van der Waals surface area contributed by atoms with Crippen molar-refractivity contribution in [2.75, 3.05) is 0 Å². The standard InChI is InChI=1S/C12H14N4O2S/c13-9(17)7-5-8(19-6-7)10-15-11(16-18-10)12(14)3-1-2-4-12/h5-6H,1-4,14H2,(H2,13,17). The van der Waals surface area contributed by atoms with Gasteiger partial charge in [-0.3, -0.25) is 4.79 Å². The molecule has 1 amide bonds. The molecule has 0 aromatic carbocycles. The maximum atomic E-state index is 11.1. The van der Waals surface area contributed by atoms with Gasteiger partial charge in [0.2, 0.25) is 5.91 Å². The van der Waals surface area contributed by atoms with Crippen LogP contribution in [0.25, 0.3) is 10.8 Å². The average Bonchev–Trinajstić information content (AvgIpc) is 3.08. The molecule has 19 heavy (non-hydrogen) atoms. The Labute approximate surface area is 113 Å². The van der Waals surface area contributed by atoms with Gasteiger partial charge in [0.05, 0.1) is 16.0 Å². The first-order chi connectivity index (χ1) is 9.08. The van der Waals surface area contributed by atoms with Crippen molar-refractivity contribution >= 4 is 17.2 Å². The molecule has 0 atom stereocenters. The van der Waals surface area contributed by atoms with Gasteiger partial charge in [-0.25, -0.2) is 0 Å². The highest BCUT2D eigenvalue weighted by Gasteiger charge is 2.36. The molecule has 1 aliphatic carbocycles. The maximum Gasteiger partial charge on any atom is 0.268 e. The van der Waals surface area contributed by atoms with Gasteiger partial charge in [0.15, 0.2) is 5.82 Å². The summed E-state index contributed by atoms with van der Waals surface area (Å²) in [5, 5.41) is 5.66. The number of carbonyl (C=O) groups excluding carboxylic acids is 1. The molecule has 3 rings (SSSR count). The number of amides is 1. The molecule has 0 unspecified atom stereocenters. The van der Waals surface area contributed by atoms with Gasteiger partial charge in [0, 0.05) is 5.38 Å². The maximum absolute atomic E-state index is 11.1. The van der Waals surface area contributed by atoms with Crippen molar-refractivity contribution in [3.8, 4) is 10.8 Å². The summed E-state index contributed by atoms with van der Waals surface area (Å²) in [5.74, 6) is 0.478. The molecular formula is C12H14N4O2S. The third-order valence-corrected chi connectivity index (χ3v) is 4.38. The number of hydrogen-bond donors (Lipinski definition) is 2. The number of aromatic nitrogens is 2. The fourth-order valence-electron chi connectivity index (χ4n) is 2.33. The molecule has 0 spiro atoms. The van der Waals surface area contributed by atoms with Crippen LogP contribution in [0.2, 0.25) is 0 Å². The molecule has 2 aromatic heterocycles. The molecule has 1 saturated carbocycles. The van der Waals surface area contributed by atoms with Crippen LogP contribution in [-0.2, 0) is 5.54 Å². The van der Waals surface area contributed by atoms with Crippen molar-refractivity contribution < 1.29 is 9.32 Å². The molecule has 0 aliphatic heterocycles. The lowest BCUT2D eigenvalue weighted by Crippen LogP contribution is -2.34. The third kappa shape index (κ3) is 2.15. The first kappa shape index (κ1) is 12.3. The lowest BCUT2D eigenvalue weighted by molar-refractivity contribution is 0.100. The van der Waals surface area contributed by atoms with E-state index < -0.39 is 11.4 Å². The first-order valence-electron chi connectivity index (χ1n) is 6.10.